The third kappa shape index (κ3) is 4.32. The molecule has 0 aliphatic rings. The Balaban J connectivity index is 1.66. The number of rotatable bonds is 7. The van der Waals surface area contributed by atoms with Crippen molar-refractivity contribution in [3.8, 4) is 17.2 Å². The Labute approximate surface area is 191 Å². The zero-order valence-electron chi connectivity index (χ0n) is 19.1. The lowest BCUT2D eigenvalue weighted by atomic mass is 10.1. The van der Waals surface area contributed by atoms with Gasteiger partial charge in [-0.2, -0.15) is 5.10 Å². The van der Waals surface area contributed by atoms with E-state index in [2.05, 4.69) is 10.4 Å². The minimum Gasteiger partial charge on any atom is -0.497 e. The minimum absolute atomic E-state index is 0.103. The zero-order chi connectivity index (χ0) is 23.5. The van der Waals surface area contributed by atoms with Crippen molar-refractivity contribution >= 4 is 22.6 Å². The predicted octanol–water partition coefficient (Wildman–Crippen LogP) is 3.85. The first-order valence-corrected chi connectivity index (χ1v) is 10.6. The van der Waals surface area contributed by atoms with Gasteiger partial charge in [0.25, 0.3) is 5.56 Å². The fourth-order valence-corrected chi connectivity index (χ4v) is 3.96. The van der Waals surface area contributed by atoms with Crippen molar-refractivity contribution in [2.24, 2.45) is 0 Å². The Bertz CT molecular complexity index is 1370. The number of anilines is 1. The lowest BCUT2D eigenvalue weighted by molar-refractivity contribution is -0.116. The number of nitrogens with one attached hydrogen (secondary N) is 1. The first-order chi connectivity index (χ1) is 15.9. The summed E-state index contributed by atoms with van der Waals surface area (Å²) < 4.78 is 13.9. The van der Waals surface area contributed by atoms with Crippen molar-refractivity contribution < 1.29 is 14.3 Å². The van der Waals surface area contributed by atoms with Gasteiger partial charge in [-0.05, 0) is 43.7 Å². The Kier molecular flexibility index (Phi) is 6.17. The largest absolute Gasteiger partial charge is 0.497 e. The summed E-state index contributed by atoms with van der Waals surface area (Å²) in [5, 5.41) is 8.45. The molecule has 0 saturated heterocycles. The molecule has 0 aliphatic carbocycles. The summed E-state index contributed by atoms with van der Waals surface area (Å²) in [6.45, 7) is 4.03. The Morgan fingerprint density at radius 3 is 2.48 bits per heavy atom. The average molecular weight is 447 g/mol. The van der Waals surface area contributed by atoms with Crippen molar-refractivity contribution in [3.63, 3.8) is 0 Å². The molecule has 0 spiro atoms. The van der Waals surface area contributed by atoms with Crippen LogP contribution in [-0.2, 0) is 11.3 Å². The SMILES string of the molecule is COc1ccc(NC(=O)CCn2c(=O)cc(C)c3c(C)nn(-c4ccccc4)c32)c(OC)c1. The van der Waals surface area contributed by atoms with E-state index in [1.807, 2.05) is 44.2 Å². The lowest BCUT2D eigenvalue weighted by Gasteiger charge is -2.14. The molecule has 4 rings (SSSR count). The van der Waals surface area contributed by atoms with E-state index in [1.54, 1.807) is 40.6 Å². The fourth-order valence-electron chi connectivity index (χ4n) is 3.96. The highest BCUT2D eigenvalue weighted by Crippen LogP contribution is 2.29. The number of para-hydroxylation sites is 1. The average Bonchev–Trinajstić information content (AvgIpc) is 3.17. The van der Waals surface area contributed by atoms with E-state index in [0.29, 0.717) is 22.8 Å². The number of pyridine rings is 1. The fraction of sp³-hybridized carbons (Fsp3) is 0.240. The number of hydrogen-bond donors (Lipinski definition) is 1. The number of fused-ring (bicyclic) bond motifs is 1. The van der Waals surface area contributed by atoms with Crippen LogP contribution in [0.25, 0.3) is 16.7 Å². The Morgan fingerprint density at radius 1 is 1.03 bits per heavy atom. The number of ether oxygens (including phenoxy) is 2. The predicted molar refractivity (Wildman–Crippen MR) is 128 cm³/mol. The van der Waals surface area contributed by atoms with Gasteiger partial charge in [0.15, 0.2) is 0 Å². The van der Waals surface area contributed by atoms with Crippen molar-refractivity contribution in [1.82, 2.24) is 14.3 Å². The van der Waals surface area contributed by atoms with Gasteiger partial charge in [0, 0.05) is 30.5 Å². The number of amides is 1. The topological polar surface area (TPSA) is 87.4 Å². The van der Waals surface area contributed by atoms with Gasteiger partial charge in [0.2, 0.25) is 5.91 Å². The standard InChI is InChI=1S/C25H26N4O4/c1-16-14-23(31)28(25-24(16)17(2)27-29(25)18-8-6-5-7-9-18)13-12-22(30)26-20-11-10-19(32-3)15-21(20)33-4/h5-11,14-15H,12-13H2,1-4H3,(H,26,30). The maximum atomic E-state index is 12.9. The number of aryl methyl sites for hydroxylation is 3. The summed E-state index contributed by atoms with van der Waals surface area (Å²) in [4.78, 5) is 25.7. The van der Waals surface area contributed by atoms with Crippen LogP contribution in [0.4, 0.5) is 5.69 Å². The van der Waals surface area contributed by atoms with Crippen LogP contribution in [0.15, 0.2) is 59.4 Å². The molecular weight excluding hydrogens is 420 g/mol. The second kappa shape index (κ2) is 9.20. The molecule has 170 valence electrons. The molecule has 8 nitrogen and oxygen atoms in total. The van der Waals surface area contributed by atoms with Gasteiger partial charge in [0.1, 0.15) is 17.1 Å². The number of carbonyl (C=O) groups is 1. The third-order valence-corrected chi connectivity index (χ3v) is 5.54. The van der Waals surface area contributed by atoms with Gasteiger partial charge in [-0.15, -0.1) is 0 Å². The quantitative estimate of drug-likeness (QED) is 0.466. The first kappa shape index (κ1) is 22.1. The number of benzene rings is 2. The lowest BCUT2D eigenvalue weighted by Crippen LogP contribution is -2.25. The molecule has 0 saturated carbocycles. The van der Waals surface area contributed by atoms with Crippen LogP contribution in [0.3, 0.4) is 0 Å². The van der Waals surface area contributed by atoms with Crippen LogP contribution >= 0.6 is 0 Å². The number of nitrogens with zero attached hydrogens (tertiary/aromatic N) is 3. The van der Waals surface area contributed by atoms with E-state index in [-0.39, 0.29) is 24.4 Å². The second-order valence-electron chi connectivity index (χ2n) is 7.71. The van der Waals surface area contributed by atoms with Gasteiger partial charge in [-0.1, -0.05) is 18.2 Å². The molecule has 0 radical (unpaired) electrons. The summed E-state index contributed by atoms with van der Waals surface area (Å²) >= 11 is 0. The molecular formula is C25H26N4O4. The molecule has 33 heavy (non-hydrogen) atoms. The molecule has 2 aromatic heterocycles. The van der Waals surface area contributed by atoms with Crippen LogP contribution in [-0.4, -0.2) is 34.5 Å². The molecule has 8 heteroatoms. The Morgan fingerprint density at radius 2 is 1.79 bits per heavy atom. The number of hydrogen-bond acceptors (Lipinski definition) is 5. The van der Waals surface area contributed by atoms with Crippen molar-refractivity contribution in [1.29, 1.82) is 0 Å². The monoisotopic (exact) mass is 446 g/mol. The highest BCUT2D eigenvalue weighted by atomic mass is 16.5. The van der Waals surface area contributed by atoms with E-state index in [9.17, 15) is 9.59 Å². The minimum atomic E-state index is -0.235. The summed E-state index contributed by atoms with van der Waals surface area (Å²) in [5.74, 6) is 0.889. The smallest absolute Gasteiger partial charge is 0.252 e. The normalized spacial score (nSPS) is 10.9. The number of methoxy groups -OCH3 is 2. The van der Waals surface area contributed by atoms with Gasteiger partial charge in [0.05, 0.1) is 31.3 Å². The van der Waals surface area contributed by atoms with Crippen LogP contribution in [0.1, 0.15) is 17.7 Å². The van der Waals surface area contributed by atoms with Gasteiger partial charge >= 0.3 is 0 Å². The van der Waals surface area contributed by atoms with E-state index < -0.39 is 0 Å². The summed E-state index contributed by atoms with van der Waals surface area (Å²) in [6, 6.07) is 16.4. The maximum Gasteiger partial charge on any atom is 0.252 e. The summed E-state index contributed by atoms with van der Waals surface area (Å²) in [6.07, 6.45) is 0.103. The molecule has 2 heterocycles. The van der Waals surface area contributed by atoms with Crippen LogP contribution < -0.4 is 20.3 Å². The van der Waals surface area contributed by atoms with Gasteiger partial charge in [-0.25, -0.2) is 4.68 Å². The molecule has 0 fully saturated rings. The third-order valence-electron chi connectivity index (χ3n) is 5.54. The number of carbonyl (C=O) groups excluding carboxylic acids is 1. The molecule has 0 unspecified atom stereocenters. The highest BCUT2D eigenvalue weighted by Gasteiger charge is 2.18. The first-order valence-electron chi connectivity index (χ1n) is 10.6. The molecule has 1 amide bonds. The summed E-state index contributed by atoms with van der Waals surface area (Å²) in [5.41, 5.74) is 3.58. The van der Waals surface area contributed by atoms with E-state index in [1.165, 1.54) is 7.11 Å². The molecule has 0 aliphatic heterocycles. The molecule has 1 N–H and O–H groups in total. The van der Waals surface area contributed by atoms with E-state index in [0.717, 1.165) is 22.3 Å². The zero-order valence-corrected chi connectivity index (χ0v) is 19.1. The molecule has 0 bridgehead atoms. The second-order valence-corrected chi connectivity index (χ2v) is 7.71. The van der Waals surface area contributed by atoms with Gasteiger partial charge in [-0.3, -0.25) is 14.2 Å². The van der Waals surface area contributed by atoms with Crippen LogP contribution in [0, 0.1) is 13.8 Å². The highest BCUT2D eigenvalue weighted by molar-refractivity contribution is 5.92. The molecule has 2 aromatic carbocycles. The van der Waals surface area contributed by atoms with E-state index >= 15 is 0 Å². The van der Waals surface area contributed by atoms with Crippen LogP contribution in [0.5, 0.6) is 11.5 Å². The van der Waals surface area contributed by atoms with Gasteiger partial charge < -0.3 is 14.8 Å². The molecule has 4 aromatic rings. The number of aromatic nitrogens is 3. The van der Waals surface area contributed by atoms with Crippen molar-refractivity contribution in [3.05, 3.63) is 76.2 Å². The van der Waals surface area contributed by atoms with E-state index in [4.69, 9.17) is 9.47 Å². The van der Waals surface area contributed by atoms with Crippen molar-refractivity contribution in [2.75, 3.05) is 19.5 Å². The molecule has 0 atom stereocenters. The van der Waals surface area contributed by atoms with Crippen LogP contribution in [0.2, 0.25) is 0 Å². The summed E-state index contributed by atoms with van der Waals surface area (Å²) in [7, 11) is 3.09. The maximum absolute atomic E-state index is 12.9. The Hall–Kier alpha value is -4.07. The van der Waals surface area contributed by atoms with Crippen molar-refractivity contribution in [2.45, 2.75) is 26.8 Å².